The molecule has 0 saturated carbocycles. The Labute approximate surface area is 180 Å². The summed E-state index contributed by atoms with van der Waals surface area (Å²) >= 11 is 0. The average molecular weight is 421 g/mol. The average Bonchev–Trinajstić information content (AvgIpc) is 2.70. The van der Waals surface area contributed by atoms with E-state index in [-0.39, 0.29) is 28.9 Å². The fraction of sp³-hybridized carbons (Fsp3) is 0.348. The maximum Gasteiger partial charge on any atom is 0.275 e. The molecule has 0 spiro atoms. The van der Waals surface area contributed by atoms with Gasteiger partial charge in [0.2, 0.25) is 5.91 Å². The van der Waals surface area contributed by atoms with E-state index in [1.165, 1.54) is 21.5 Å². The van der Waals surface area contributed by atoms with Crippen molar-refractivity contribution in [2.75, 3.05) is 5.32 Å². The zero-order valence-corrected chi connectivity index (χ0v) is 18.5. The SMILES string of the molecule is CC(C)c1nn(CC(=O)Nc2ccc(=N)n(C=N)c2)c(=O)c2ccc(C(C)(C)C)cc12. The predicted molar refractivity (Wildman–Crippen MR) is 122 cm³/mol. The molecule has 3 aromatic rings. The molecule has 31 heavy (non-hydrogen) atoms. The van der Waals surface area contributed by atoms with Crippen LogP contribution in [0.25, 0.3) is 10.8 Å². The van der Waals surface area contributed by atoms with E-state index in [1.54, 1.807) is 6.07 Å². The van der Waals surface area contributed by atoms with Gasteiger partial charge >= 0.3 is 0 Å². The minimum Gasteiger partial charge on any atom is -0.323 e. The molecule has 0 aliphatic rings. The molecule has 2 heterocycles. The Morgan fingerprint density at radius 2 is 1.90 bits per heavy atom. The number of benzene rings is 1. The summed E-state index contributed by atoms with van der Waals surface area (Å²) in [5.74, 6) is -0.340. The van der Waals surface area contributed by atoms with E-state index in [0.29, 0.717) is 11.1 Å². The third-order valence-electron chi connectivity index (χ3n) is 5.10. The number of nitrogens with one attached hydrogen (secondary N) is 3. The summed E-state index contributed by atoms with van der Waals surface area (Å²) in [6.07, 6.45) is 2.45. The van der Waals surface area contributed by atoms with Crippen molar-refractivity contribution in [3.05, 3.63) is 63.6 Å². The summed E-state index contributed by atoms with van der Waals surface area (Å²) in [6.45, 7) is 10.2. The normalized spacial score (nSPS) is 11.7. The number of carbonyl (C=O) groups excluding carboxylic acids is 1. The summed E-state index contributed by atoms with van der Waals surface area (Å²) in [4.78, 5) is 25.7. The molecular weight excluding hydrogens is 392 g/mol. The molecule has 0 saturated heterocycles. The zero-order valence-electron chi connectivity index (χ0n) is 18.5. The first-order valence-corrected chi connectivity index (χ1v) is 10.1. The van der Waals surface area contributed by atoms with Gasteiger partial charge in [0.1, 0.15) is 12.0 Å². The predicted octanol–water partition coefficient (Wildman–Crippen LogP) is 3.19. The van der Waals surface area contributed by atoms with Crippen LogP contribution in [0, 0.1) is 10.8 Å². The molecular formula is C23H28N6O2. The lowest BCUT2D eigenvalue weighted by Crippen LogP contribution is -2.31. The molecule has 0 bridgehead atoms. The van der Waals surface area contributed by atoms with Crippen LogP contribution in [0.2, 0.25) is 0 Å². The molecule has 8 heteroatoms. The van der Waals surface area contributed by atoms with Gasteiger partial charge in [-0.15, -0.1) is 0 Å². The number of anilines is 1. The summed E-state index contributed by atoms with van der Waals surface area (Å²) < 4.78 is 2.47. The number of fused-ring (bicyclic) bond motifs is 1. The smallest absolute Gasteiger partial charge is 0.275 e. The van der Waals surface area contributed by atoms with Crippen LogP contribution in [0.15, 0.2) is 41.3 Å². The van der Waals surface area contributed by atoms with E-state index in [2.05, 4.69) is 31.2 Å². The first-order valence-electron chi connectivity index (χ1n) is 10.1. The number of carbonyl (C=O) groups is 1. The van der Waals surface area contributed by atoms with Gasteiger partial charge < -0.3 is 5.32 Å². The summed E-state index contributed by atoms with van der Waals surface area (Å²) in [6, 6.07) is 8.86. The van der Waals surface area contributed by atoms with Crippen LogP contribution in [0.3, 0.4) is 0 Å². The minimum atomic E-state index is -0.413. The van der Waals surface area contributed by atoms with Crippen molar-refractivity contribution in [3.8, 4) is 0 Å². The lowest BCUT2D eigenvalue weighted by atomic mass is 9.85. The van der Waals surface area contributed by atoms with Crippen molar-refractivity contribution in [2.24, 2.45) is 0 Å². The Kier molecular flexibility index (Phi) is 5.92. The molecule has 0 unspecified atom stereocenters. The number of nitrogens with zero attached hydrogens (tertiary/aromatic N) is 3. The van der Waals surface area contributed by atoms with Crippen molar-refractivity contribution in [2.45, 2.75) is 52.5 Å². The quantitative estimate of drug-likeness (QED) is 0.435. The van der Waals surface area contributed by atoms with E-state index >= 15 is 0 Å². The Bertz CT molecular complexity index is 1280. The summed E-state index contributed by atoms with van der Waals surface area (Å²) in [5, 5.41) is 23.6. The van der Waals surface area contributed by atoms with Gasteiger partial charge in [0.05, 0.1) is 23.1 Å². The van der Waals surface area contributed by atoms with Gasteiger partial charge in [-0.25, -0.2) is 4.68 Å². The van der Waals surface area contributed by atoms with Crippen molar-refractivity contribution < 1.29 is 4.79 Å². The summed E-state index contributed by atoms with van der Waals surface area (Å²) in [5.41, 5.74) is 2.07. The second-order valence-corrected chi connectivity index (χ2v) is 8.90. The van der Waals surface area contributed by atoms with Gasteiger partial charge in [0.15, 0.2) is 0 Å². The maximum absolute atomic E-state index is 13.1. The highest BCUT2D eigenvalue weighted by Gasteiger charge is 2.19. The lowest BCUT2D eigenvalue weighted by Gasteiger charge is -2.21. The van der Waals surface area contributed by atoms with Gasteiger partial charge in [0, 0.05) is 11.6 Å². The van der Waals surface area contributed by atoms with Crippen LogP contribution in [0.5, 0.6) is 0 Å². The zero-order chi connectivity index (χ0) is 22.9. The van der Waals surface area contributed by atoms with Crippen LogP contribution < -0.4 is 16.4 Å². The molecule has 0 aliphatic carbocycles. The minimum absolute atomic E-state index is 0.0564. The van der Waals surface area contributed by atoms with Crippen LogP contribution >= 0.6 is 0 Å². The molecule has 162 valence electrons. The molecule has 1 aromatic carbocycles. The number of rotatable bonds is 5. The molecule has 3 rings (SSSR count). The van der Waals surface area contributed by atoms with Crippen molar-refractivity contribution >= 4 is 28.7 Å². The number of amides is 1. The number of aromatic nitrogens is 3. The monoisotopic (exact) mass is 420 g/mol. The van der Waals surface area contributed by atoms with Crippen molar-refractivity contribution in [1.82, 2.24) is 14.3 Å². The molecule has 0 radical (unpaired) electrons. The Balaban J connectivity index is 1.99. The first kappa shape index (κ1) is 22.1. The van der Waals surface area contributed by atoms with Gasteiger partial charge in [-0.2, -0.15) is 5.10 Å². The van der Waals surface area contributed by atoms with E-state index in [1.807, 2.05) is 32.0 Å². The fourth-order valence-electron chi connectivity index (χ4n) is 3.35. The van der Waals surface area contributed by atoms with Crippen molar-refractivity contribution in [3.63, 3.8) is 0 Å². The number of hydrogen-bond acceptors (Lipinski definition) is 5. The number of pyridine rings is 1. The van der Waals surface area contributed by atoms with Gasteiger partial charge in [-0.05, 0) is 41.2 Å². The third kappa shape index (κ3) is 4.63. The second kappa shape index (κ2) is 8.29. The Hall–Kier alpha value is -3.55. The summed E-state index contributed by atoms with van der Waals surface area (Å²) in [7, 11) is 0. The first-order chi connectivity index (χ1) is 14.5. The molecule has 3 N–H and O–H groups in total. The standard InChI is InChI=1S/C23H28N6O2/c1-14(2)21-18-10-15(23(3,4)5)6-8-17(18)22(31)29(27-21)12-20(30)26-16-7-9-19(25)28(11-16)13-24/h6-11,13-14,24-25H,12H2,1-5H3,(H,26,30). The lowest BCUT2D eigenvalue weighted by molar-refractivity contribution is -0.117. The molecule has 0 fully saturated rings. The van der Waals surface area contributed by atoms with E-state index in [9.17, 15) is 9.59 Å². The van der Waals surface area contributed by atoms with Gasteiger partial charge in [-0.3, -0.25) is 25.0 Å². The van der Waals surface area contributed by atoms with Gasteiger partial charge in [-0.1, -0.05) is 40.7 Å². The van der Waals surface area contributed by atoms with Crippen LogP contribution in [-0.4, -0.2) is 26.6 Å². The molecule has 8 nitrogen and oxygen atoms in total. The molecule has 1 amide bonds. The number of hydrogen-bond donors (Lipinski definition) is 3. The molecule has 0 atom stereocenters. The van der Waals surface area contributed by atoms with E-state index in [4.69, 9.17) is 10.8 Å². The second-order valence-electron chi connectivity index (χ2n) is 8.90. The fourth-order valence-corrected chi connectivity index (χ4v) is 3.35. The highest BCUT2D eigenvalue weighted by Crippen LogP contribution is 2.28. The van der Waals surface area contributed by atoms with Crippen LogP contribution in [0.4, 0.5) is 5.69 Å². The highest BCUT2D eigenvalue weighted by molar-refractivity contribution is 5.91. The van der Waals surface area contributed by atoms with E-state index in [0.717, 1.165) is 23.0 Å². The largest absolute Gasteiger partial charge is 0.323 e. The van der Waals surface area contributed by atoms with Crippen LogP contribution in [0.1, 0.15) is 51.8 Å². The highest BCUT2D eigenvalue weighted by atomic mass is 16.2. The maximum atomic E-state index is 13.1. The Morgan fingerprint density at radius 3 is 2.52 bits per heavy atom. The third-order valence-corrected chi connectivity index (χ3v) is 5.10. The van der Waals surface area contributed by atoms with Crippen molar-refractivity contribution in [1.29, 1.82) is 10.8 Å². The van der Waals surface area contributed by atoms with Gasteiger partial charge in [0.25, 0.3) is 5.56 Å². The van der Waals surface area contributed by atoms with E-state index < -0.39 is 5.91 Å². The molecule has 2 aromatic heterocycles. The Morgan fingerprint density at radius 1 is 1.19 bits per heavy atom. The topological polar surface area (TPSA) is 117 Å². The van der Waals surface area contributed by atoms with Crippen LogP contribution in [-0.2, 0) is 16.8 Å². The molecule has 0 aliphatic heterocycles.